The van der Waals surface area contributed by atoms with E-state index in [9.17, 15) is 18.0 Å². The van der Waals surface area contributed by atoms with Crippen LogP contribution in [0.3, 0.4) is 0 Å². The first-order valence-corrected chi connectivity index (χ1v) is 11.7. The molecular formula is C24H21BrF3N5O. The van der Waals surface area contributed by atoms with Crippen LogP contribution in [0.2, 0.25) is 0 Å². The normalized spacial score (nSPS) is 18.8. The molecule has 1 aliphatic carbocycles. The molecule has 3 heterocycles. The lowest BCUT2D eigenvalue weighted by Gasteiger charge is -2.31. The minimum absolute atomic E-state index is 0.0812. The van der Waals surface area contributed by atoms with E-state index in [2.05, 4.69) is 36.5 Å². The predicted molar refractivity (Wildman–Crippen MR) is 127 cm³/mol. The molecule has 1 fully saturated rings. The Morgan fingerprint density at radius 1 is 1.12 bits per heavy atom. The molecule has 4 aromatic rings. The number of halogens is 4. The SMILES string of the molecule is O=C(N[C@@H]1CCC[C@H](Nc2cc(C(F)(F)F)nc3ccccc23)C1)c1cnc2ccc(Br)cn12. The molecule has 0 radical (unpaired) electrons. The predicted octanol–water partition coefficient (Wildman–Crippen LogP) is 5.82. The lowest BCUT2D eigenvalue weighted by Crippen LogP contribution is -2.42. The average Bonchev–Trinajstić information content (AvgIpc) is 3.22. The van der Waals surface area contributed by atoms with Gasteiger partial charge < -0.3 is 10.6 Å². The van der Waals surface area contributed by atoms with E-state index in [4.69, 9.17) is 0 Å². The van der Waals surface area contributed by atoms with Gasteiger partial charge in [0.2, 0.25) is 0 Å². The number of hydrogen-bond donors (Lipinski definition) is 2. The number of para-hydroxylation sites is 1. The van der Waals surface area contributed by atoms with Gasteiger partial charge in [0.25, 0.3) is 5.91 Å². The molecule has 6 nitrogen and oxygen atoms in total. The van der Waals surface area contributed by atoms with E-state index >= 15 is 0 Å². The van der Waals surface area contributed by atoms with Crippen LogP contribution < -0.4 is 10.6 Å². The number of pyridine rings is 2. The van der Waals surface area contributed by atoms with Gasteiger partial charge in [0.05, 0.1) is 11.7 Å². The maximum Gasteiger partial charge on any atom is 0.433 e. The van der Waals surface area contributed by atoms with Gasteiger partial charge in [-0.15, -0.1) is 0 Å². The van der Waals surface area contributed by atoms with Crippen LogP contribution in [0.5, 0.6) is 0 Å². The summed E-state index contributed by atoms with van der Waals surface area (Å²) in [4.78, 5) is 21.0. The first kappa shape index (κ1) is 22.6. The average molecular weight is 532 g/mol. The van der Waals surface area contributed by atoms with Crippen LogP contribution in [0.15, 0.2) is 59.3 Å². The van der Waals surface area contributed by atoms with E-state index in [1.807, 2.05) is 12.1 Å². The van der Waals surface area contributed by atoms with E-state index in [1.165, 1.54) is 6.20 Å². The fourth-order valence-electron chi connectivity index (χ4n) is 4.49. The largest absolute Gasteiger partial charge is 0.433 e. The zero-order chi connectivity index (χ0) is 23.9. The number of rotatable bonds is 4. The van der Waals surface area contributed by atoms with E-state index in [1.54, 1.807) is 34.9 Å². The Hall–Kier alpha value is -3.14. The van der Waals surface area contributed by atoms with Gasteiger partial charge in [0.1, 0.15) is 17.0 Å². The number of alkyl halides is 3. The molecule has 2 N–H and O–H groups in total. The molecule has 1 aliphatic rings. The van der Waals surface area contributed by atoms with Gasteiger partial charge in [-0.05, 0) is 65.9 Å². The topological polar surface area (TPSA) is 71.3 Å². The quantitative estimate of drug-likeness (QED) is 0.348. The Morgan fingerprint density at radius 3 is 2.74 bits per heavy atom. The number of imidazole rings is 1. The number of carbonyl (C=O) groups excluding carboxylic acids is 1. The summed E-state index contributed by atoms with van der Waals surface area (Å²) < 4.78 is 42.8. The molecule has 176 valence electrons. The molecule has 0 saturated heterocycles. The number of aromatic nitrogens is 3. The maximum absolute atomic E-state index is 13.4. The summed E-state index contributed by atoms with van der Waals surface area (Å²) in [7, 11) is 0. The van der Waals surface area contributed by atoms with Crippen molar-refractivity contribution in [3.63, 3.8) is 0 Å². The molecule has 10 heteroatoms. The second kappa shape index (κ2) is 8.90. The molecule has 34 heavy (non-hydrogen) atoms. The number of nitrogens with zero attached hydrogens (tertiary/aromatic N) is 3. The van der Waals surface area contributed by atoms with E-state index in [0.717, 1.165) is 29.8 Å². The van der Waals surface area contributed by atoms with Gasteiger partial charge in [-0.1, -0.05) is 18.2 Å². The molecule has 5 rings (SSSR count). The number of carbonyl (C=O) groups is 1. The van der Waals surface area contributed by atoms with Crippen LogP contribution >= 0.6 is 15.9 Å². The summed E-state index contributed by atoms with van der Waals surface area (Å²) in [6.07, 6.45) is 1.84. The molecule has 0 aliphatic heterocycles. The van der Waals surface area contributed by atoms with Crippen LogP contribution in [0, 0.1) is 0 Å². The molecule has 0 spiro atoms. The molecule has 0 unspecified atom stereocenters. The zero-order valence-electron chi connectivity index (χ0n) is 17.9. The molecule has 1 saturated carbocycles. The highest BCUT2D eigenvalue weighted by atomic mass is 79.9. The molecule has 2 atom stereocenters. The van der Waals surface area contributed by atoms with Crippen molar-refractivity contribution in [3.8, 4) is 0 Å². The zero-order valence-corrected chi connectivity index (χ0v) is 19.5. The highest BCUT2D eigenvalue weighted by Gasteiger charge is 2.34. The first-order chi connectivity index (χ1) is 16.3. The highest BCUT2D eigenvalue weighted by molar-refractivity contribution is 9.10. The highest BCUT2D eigenvalue weighted by Crippen LogP contribution is 2.34. The number of amides is 1. The number of fused-ring (bicyclic) bond motifs is 2. The molecule has 3 aromatic heterocycles. The molecule has 1 aromatic carbocycles. The second-order valence-corrected chi connectivity index (χ2v) is 9.38. The number of benzene rings is 1. The number of nitrogens with one attached hydrogen (secondary N) is 2. The summed E-state index contributed by atoms with van der Waals surface area (Å²) in [6.45, 7) is 0. The van der Waals surface area contributed by atoms with Crippen molar-refractivity contribution in [2.75, 3.05) is 5.32 Å². The van der Waals surface area contributed by atoms with Crippen molar-refractivity contribution in [1.82, 2.24) is 19.7 Å². The maximum atomic E-state index is 13.4. The van der Waals surface area contributed by atoms with Crippen molar-refractivity contribution in [3.05, 3.63) is 70.7 Å². The molecular weight excluding hydrogens is 511 g/mol. The van der Waals surface area contributed by atoms with E-state index in [0.29, 0.717) is 34.4 Å². The lowest BCUT2D eigenvalue weighted by atomic mass is 9.90. The Labute approximate surface area is 201 Å². The lowest BCUT2D eigenvalue weighted by molar-refractivity contribution is -0.140. The van der Waals surface area contributed by atoms with E-state index in [-0.39, 0.29) is 18.0 Å². The summed E-state index contributed by atoms with van der Waals surface area (Å²) in [5.74, 6) is -0.232. The van der Waals surface area contributed by atoms with Gasteiger partial charge in [-0.3, -0.25) is 9.20 Å². The van der Waals surface area contributed by atoms with Crippen LogP contribution in [0.25, 0.3) is 16.6 Å². The Balaban J connectivity index is 1.34. The van der Waals surface area contributed by atoms with Gasteiger partial charge in [-0.25, -0.2) is 9.97 Å². The first-order valence-electron chi connectivity index (χ1n) is 10.9. The van der Waals surface area contributed by atoms with Gasteiger partial charge in [0.15, 0.2) is 0 Å². The minimum Gasteiger partial charge on any atom is -0.382 e. The number of anilines is 1. The number of hydrogen-bond acceptors (Lipinski definition) is 4. The third-order valence-electron chi connectivity index (χ3n) is 6.08. The summed E-state index contributed by atoms with van der Waals surface area (Å²) >= 11 is 3.41. The van der Waals surface area contributed by atoms with Gasteiger partial charge in [0, 0.05) is 33.8 Å². The third kappa shape index (κ3) is 4.59. The smallest absolute Gasteiger partial charge is 0.382 e. The Bertz CT molecular complexity index is 1370. The van der Waals surface area contributed by atoms with Crippen LogP contribution in [0.4, 0.5) is 18.9 Å². The second-order valence-electron chi connectivity index (χ2n) is 8.47. The minimum atomic E-state index is -4.54. The monoisotopic (exact) mass is 531 g/mol. The molecule has 0 bridgehead atoms. The fourth-order valence-corrected chi connectivity index (χ4v) is 4.83. The standard InChI is InChI=1S/C24H21BrF3N5O/c25-14-8-9-22-29-12-20(33(22)13-14)23(34)31-16-5-3-4-15(10-16)30-19-11-21(24(26,27)28)32-18-7-2-1-6-17(18)19/h1-2,6-9,11-13,15-16H,3-5,10H2,(H,30,32)(H,31,34)/t15-,16+/m0/s1. The van der Waals surface area contributed by atoms with E-state index < -0.39 is 11.9 Å². The van der Waals surface area contributed by atoms with Crippen molar-refractivity contribution in [2.45, 2.75) is 43.9 Å². The summed E-state index contributed by atoms with van der Waals surface area (Å²) in [5.41, 5.74) is 0.872. The fraction of sp³-hybridized carbons (Fsp3) is 0.292. The van der Waals surface area contributed by atoms with Crippen molar-refractivity contribution in [2.24, 2.45) is 0 Å². The Kier molecular flexibility index (Phi) is 5.93. The third-order valence-corrected chi connectivity index (χ3v) is 6.55. The van der Waals surface area contributed by atoms with Gasteiger partial charge in [-0.2, -0.15) is 13.2 Å². The van der Waals surface area contributed by atoms with Crippen LogP contribution in [0.1, 0.15) is 41.9 Å². The van der Waals surface area contributed by atoms with Crippen molar-refractivity contribution >= 4 is 44.1 Å². The van der Waals surface area contributed by atoms with Crippen LogP contribution in [-0.2, 0) is 6.18 Å². The van der Waals surface area contributed by atoms with Gasteiger partial charge >= 0.3 is 6.18 Å². The Morgan fingerprint density at radius 2 is 1.91 bits per heavy atom. The molecule has 1 amide bonds. The van der Waals surface area contributed by atoms with Crippen LogP contribution in [-0.4, -0.2) is 32.4 Å². The van der Waals surface area contributed by atoms with Crippen molar-refractivity contribution in [1.29, 1.82) is 0 Å². The summed E-state index contributed by atoms with van der Waals surface area (Å²) in [6, 6.07) is 11.3. The van der Waals surface area contributed by atoms with Crippen molar-refractivity contribution < 1.29 is 18.0 Å². The summed E-state index contributed by atoms with van der Waals surface area (Å²) in [5, 5.41) is 7.01.